The van der Waals surface area contributed by atoms with Crippen molar-refractivity contribution in [1.29, 1.82) is 0 Å². The molecule has 1 saturated heterocycles. The molecule has 5 heteroatoms. The molecule has 124 valence electrons. The Labute approximate surface area is 130 Å². The smallest absolute Gasteiger partial charge is 0.190 e. The number of unbranched alkanes of at least 4 members (excludes halogenated alkanes) is 3. The minimum absolute atomic E-state index is 0.613. The van der Waals surface area contributed by atoms with Crippen molar-refractivity contribution in [3.8, 4) is 0 Å². The molecule has 1 aliphatic rings. The van der Waals surface area contributed by atoms with E-state index in [1.54, 1.807) is 0 Å². The molecule has 0 amide bonds. The average molecular weight is 298 g/mol. The topological polar surface area (TPSA) is 48.9 Å². The molecule has 0 aromatic carbocycles. The fourth-order valence-corrected chi connectivity index (χ4v) is 2.54. The van der Waals surface area contributed by atoms with Gasteiger partial charge in [0.2, 0.25) is 0 Å². The number of hydrogen-bond donors (Lipinski definition) is 2. The zero-order chi connectivity index (χ0) is 15.3. The Bertz CT molecular complexity index is 277. The highest BCUT2D eigenvalue weighted by atomic mass is 16.5. The summed E-state index contributed by atoms with van der Waals surface area (Å²) in [4.78, 5) is 6.77. The summed E-state index contributed by atoms with van der Waals surface area (Å²) in [6.07, 6.45) is 5.13. The summed E-state index contributed by atoms with van der Waals surface area (Å²) in [6.45, 7) is 11.5. The molecule has 1 aliphatic heterocycles. The molecule has 1 heterocycles. The highest BCUT2D eigenvalue weighted by Crippen LogP contribution is 2.02. The third-order valence-corrected chi connectivity index (χ3v) is 3.84. The van der Waals surface area contributed by atoms with Crippen molar-refractivity contribution in [2.45, 2.75) is 39.5 Å². The van der Waals surface area contributed by atoms with Crippen LogP contribution in [0.1, 0.15) is 39.5 Å². The number of hydrogen-bond acceptors (Lipinski definition) is 3. The van der Waals surface area contributed by atoms with Gasteiger partial charge in [0.1, 0.15) is 0 Å². The fourth-order valence-electron chi connectivity index (χ4n) is 2.54. The van der Waals surface area contributed by atoms with Gasteiger partial charge in [0.05, 0.1) is 13.2 Å². The lowest BCUT2D eigenvalue weighted by Crippen LogP contribution is -2.44. The minimum Gasteiger partial charge on any atom is -0.379 e. The Hall–Kier alpha value is -0.810. The molecular formula is C16H34N4O. The molecule has 0 bridgehead atoms. The second-order valence-corrected chi connectivity index (χ2v) is 5.96. The van der Waals surface area contributed by atoms with Gasteiger partial charge in [-0.25, -0.2) is 0 Å². The summed E-state index contributed by atoms with van der Waals surface area (Å²) in [5.74, 6) is 1.54. The quantitative estimate of drug-likeness (QED) is 0.386. The maximum atomic E-state index is 5.38. The van der Waals surface area contributed by atoms with E-state index in [0.29, 0.717) is 5.92 Å². The van der Waals surface area contributed by atoms with Crippen molar-refractivity contribution >= 4 is 5.96 Å². The fraction of sp³-hybridized carbons (Fsp3) is 0.938. The van der Waals surface area contributed by atoms with E-state index in [2.05, 4.69) is 34.4 Å². The summed E-state index contributed by atoms with van der Waals surface area (Å²) in [6, 6.07) is 0. The second kappa shape index (κ2) is 11.8. The van der Waals surface area contributed by atoms with Crippen molar-refractivity contribution < 1.29 is 4.74 Å². The monoisotopic (exact) mass is 298 g/mol. The van der Waals surface area contributed by atoms with Crippen LogP contribution in [0.2, 0.25) is 0 Å². The SMILES string of the molecule is CCCCCCNC(=NC)NCC(C)CN1CCOCC1. The number of rotatable bonds is 9. The number of morpholine rings is 1. The third kappa shape index (κ3) is 8.94. The molecule has 0 aliphatic carbocycles. The number of guanidine groups is 1. The van der Waals surface area contributed by atoms with Gasteiger partial charge in [0.15, 0.2) is 5.96 Å². The lowest BCUT2D eigenvalue weighted by atomic mass is 10.1. The molecule has 1 unspecified atom stereocenters. The Morgan fingerprint density at radius 2 is 1.95 bits per heavy atom. The molecule has 1 rings (SSSR count). The van der Waals surface area contributed by atoms with Crippen LogP contribution in [0, 0.1) is 5.92 Å². The Balaban J connectivity index is 2.09. The Kier molecular flexibility index (Phi) is 10.3. The lowest BCUT2D eigenvalue weighted by molar-refractivity contribution is 0.0320. The van der Waals surface area contributed by atoms with Gasteiger partial charge in [0.25, 0.3) is 0 Å². The zero-order valence-electron chi connectivity index (χ0n) is 14.2. The van der Waals surface area contributed by atoms with E-state index in [1.165, 1.54) is 25.7 Å². The van der Waals surface area contributed by atoms with E-state index in [1.807, 2.05) is 7.05 Å². The number of nitrogens with one attached hydrogen (secondary N) is 2. The Morgan fingerprint density at radius 1 is 1.19 bits per heavy atom. The van der Waals surface area contributed by atoms with Gasteiger partial charge in [0, 0.05) is 39.8 Å². The van der Waals surface area contributed by atoms with Crippen LogP contribution in [0.15, 0.2) is 4.99 Å². The largest absolute Gasteiger partial charge is 0.379 e. The maximum absolute atomic E-state index is 5.38. The number of nitrogens with zero attached hydrogens (tertiary/aromatic N) is 2. The van der Waals surface area contributed by atoms with Crippen LogP contribution in [-0.4, -0.2) is 63.8 Å². The van der Waals surface area contributed by atoms with Crippen molar-refractivity contribution in [3.05, 3.63) is 0 Å². The highest BCUT2D eigenvalue weighted by Gasteiger charge is 2.13. The van der Waals surface area contributed by atoms with Crippen molar-refractivity contribution in [3.63, 3.8) is 0 Å². The molecule has 1 fully saturated rings. The summed E-state index contributed by atoms with van der Waals surface area (Å²) in [5.41, 5.74) is 0. The lowest BCUT2D eigenvalue weighted by Gasteiger charge is -2.29. The van der Waals surface area contributed by atoms with E-state index >= 15 is 0 Å². The van der Waals surface area contributed by atoms with Gasteiger partial charge < -0.3 is 15.4 Å². The van der Waals surface area contributed by atoms with E-state index in [9.17, 15) is 0 Å². The van der Waals surface area contributed by atoms with Gasteiger partial charge in [-0.1, -0.05) is 33.1 Å². The molecular weight excluding hydrogens is 264 g/mol. The van der Waals surface area contributed by atoms with Crippen LogP contribution in [0.5, 0.6) is 0 Å². The van der Waals surface area contributed by atoms with Crippen LogP contribution in [-0.2, 0) is 4.74 Å². The van der Waals surface area contributed by atoms with Gasteiger partial charge in [-0.15, -0.1) is 0 Å². The summed E-state index contributed by atoms with van der Waals surface area (Å²) in [7, 11) is 1.84. The standard InChI is InChI=1S/C16H34N4O/c1-4-5-6-7-8-18-16(17-3)19-13-15(2)14-20-9-11-21-12-10-20/h15H,4-14H2,1-3H3,(H2,17,18,19). The molecule has 1 atom stereocenters. The minimum atomic E-state index is 0.613. The van der Waals surface area contributed by atoms with Crippen LogP contribution < -0.4 is 10.6 Å². The first-order valence-corrected chi connectivity index (χ1v) is 8.50. The van der Waals surface area contributed by atoms with E-state index in [4.69, 9.17) is 4.74 Å². The number of ether oxygens (including phenoxy) is 1. The third-order valence-electron chi connectivity index (χ3n) is 3.84. The van der Waals surface area contributed by atoms with E-state index < -0.39 is 0 Å². The average Bonchev–Trinajstić information content (AvgIpc) is 2.51. The summed E-state index contributed by atoms with van der Waals surface area (Å²) >= 11 is 0. The van der Waals surface area contributed by atoms with Crippen LogP contribution >= 0.6 is 0 Å². The first kappa shape index (κ1) is 18.2. The van der Waals surface area contributed by atoms with Crippen LogP contribution in [0.25, 0.3) is 0 Å². The second-order valence-electron chi connectivity index (χ2n) is 5.96. The van der Waals surface area contributed by atoms with E-state index in [-0.39, 0.29) is 0 Å². The van der Waals surface area contributed by atoms with Crippen LogP contribution in [0.3, 0.4) is 0 Å². The predicted octanol–water partition coefficient (Wildman–Crippen LogP) is 1.70. The number of aliphatic imine (C=N–C) groups is 1. The van der Waals surface area contributed by atoms with Crippen molar-refractivity contribution in [2.24, 2.45) is 10.9 Å². The van der Waals surface area contributed by atoms with Crippen molar-refractivity contribution in [1.82, 2.24) is 15.5 Å². The van der Waals surface area contributed by atoms with Crippen LogP contribution in [0.4, 0.5) is 0 Å². The van der Waals surface area contributed by atoms with E-state index in [0.717, 1.165) is 51.9 Å². The van der Waals surface area contributed by atoms with Gasteiger partial charge in [-0.05, 0) is 12.3 Å². The molecule has 0 aromatic heterocycles. The van der Waals surface area contributed by atoms with Gasteiger partial charge >= 0.3 is 0 Å². The summed E-state index contributed by atoms with van der Waals surface area (Å²) in [5, 5.41) is 6.82. The molecule has 0 saturated carbocycles. The Morgan fingerprint density at radius 3 is 2.62 bits per heavy atom. The van der Waals surface area contributed by atoms with Crippen molar-refractivity contribution in [2.75, 3.05) is 53.0 Å². The van der Waals surface area contributed by atoms with Gasteiger partial charge in [-0.2, -0.15) is 0 Å². The predicted molar refractivity (Wildman–Crippen MR) is 89.9 cm³/mol. The normalized spacial score (nSPS) is 18.5. The molecule has 0 radical (unpaired) electrons. The molecule has 0 aromatic rings. The molecule has 2 N–H and O–H groups in total. The van der Waals surface area contributed by atoms with Gasteiger partial charge in [-0.3, -0.25) is 9.89 Å². The zero-order valence-corrected chi connectivity index (χ0v) is 14.2. The first-order valence-electron chi connectivity index (χ1n) is 8.50. The molecule has 0 spiro atoms. The molecule has 5 nitrogen and oxygen atoms in total. The molecule has 21 heavy (non-hydrogen) atoms. The first-order chi connectivity index (χ1) is 10.3. The summed E-state index contributed by atoms with van der Waals surface area (Å²) < 4.78 is 5.38. The maximum Gasteiger partial charge on any atom is 0.190 e. The highest BCUT2D eigenvalue weighted by molar-refractivity contribution is 5.79.